The maximum atomic E-state index is 8.81. The highest BCUT2D eigenvalue weighted by Crippen LogP contribution is 2.14. The molecule has 1 aromatic rings. The first kappa shape index (κ1) is 12.2. The molecule has 0 saturated heterocycles. The highest BCUT2D eigenvalue weighted by molar-refractivity contribution is 7.99. The van der Waals surface area contributed by atoms with Crippen molar-refractivity contribution in [2.45, 2.75) is 12.2 Å². The topological polar surface area (TPSA) is 55.5 Å². The summed E-state index contributed by atoms with van der Waals surface area (Å²) in [5.74, 6) is 1.72. The van der Waals surface area contributed by atoms with Crippen LogP contribution in [0.25, 0.3) is 0 Å². The van der Waals surface area contributed by atoms with Crippen molar-refractivity contribution in [1.82, 2.24) is 0 Å². The van der Waals surface area contributed by atoms with Crippen LogP contribution in [0.1, 0.15) is 6.92 Å². The smallest absolute Gasteiger partial charge is 0.119 e. The molecule has 0 aliphatic heterocycles. The number of nitrogens with two attached hydrogens (primary N) is 1. The predicted molar refractivity (Wildman–Crippen MR) is 65.4 cm³/mol. The first-order valence-electron chi connectivity index (χ1n) is 4.93. The largest absolute Gasteiger partial charge is 0.493 e. The van der Waals surface area contributed by atoms with Crippen molar-refractivity contribution in [3.8, 4) is 5.75 Å². The summed E-state index contributed by atoms with van der Waals surface area (Å²) < 4.78 is 5.50. The van der Waals surface area contributed by atoms with Crippen LogP contribution < -0.4 is 10.5 Å². The summed E-state index contributed by atoms with van der Waals surface area (Å²) in [4.78, 5) is 0. The van der Waals surface area contributed by atoms with Crippen LogP contribution in [0, 0.1) is 0 Å². The van der Waals surface area contributed by atoms with Crippen molar-refractivity contribution in [3.63, 3.8) is 0 Å². The molecule has 0 aliphatic rings. The second-order valence-corrected chi connectivity index (χ2v) is 4.83. The van der Waals surface area contributed by atoms with Gasteiger partial charge in [-0.3, -0.25) is 0 Å². The standard InChI is InChI=1S/C11H17NO2S/c1-9(8-13)15-7-6-14-11-4-2-10(12)3-5-11/h2-5,9,13H,6-8,12H2,1H3. The van der Waals surface area contributed by atoms with Crippen molar-refractivity contribution in [3.05, 3.63) is 24.3 Å². The Morgan fingerprint density at radius 2 is 2.07 bits per heavy atom. The molecule has 1 rings (SSSR count). The average molecular weight is 227 g/mol. The van der Waals surface area contributed by atoms with Crippen LogP contribution in [0.2, 0.25) is 0 Å². The van der Waals surface area contributed by atoms with E-state index in [-0.39, 0.29) is 11.9 Å². The third kappa shape index (κ3) is 4.95. The Morgan fingerprint density at radius 1 is 1.40 bits per heavy atom. The van der Waals surface area contributed by atoms with Crippen LogP contribution >= 0.6 is 11.8 Å². The van der Waals surface area contributed by atoms with Gasteiger partial charge in [0.1, 0.15) is 5.75 Å². The zero-order chi connectivity index (χ0) is 11.1. The number of aliphatic hydroxyl groups excluding tert-OH is 1. The van der Waals surface area contributed by atoms with E-state index < -0.39 is 0 Å². The molecule has 3 N–H and O–H groups in total. The molecule has 0 saturated carbocycles. The molecule has 0 spiro atoms. The molecule has 3 nitrogen and oxygen atoms in total. The lowest BCUT2D eigenvalue weighted by Crippen LogP contribution is -2.07. The molecular formula is C11H17NO2S. The van der Waals surface area contributed by atoms with Crippen molar-refractivity contribution < 1.29 is 9.84 Å². The highest BCUT2D eigenvalue weighted by atomic mass is 32.2. The predicted octanol–water partition coefficient (Wildman–Crippen LogP) is 1.76. The molecule has 0 amide bonds. The van der Waals surface area contributed by atoms with Gasteiger partial charge in [0.25, 0.3) is 0 Å². The fraction of sp³-hybridized carbons (Fsp3) is 0.455. The summed E-state index contributed by atoms with van der Waals surface area (Å²) >= 11 is 1.70. The number of hydrogen-bond donors (Lipinski definition) is 2. The monoisotopic (exact) mass is 227 g/mol. The number of hydrogen-bond acceptors (Lipinski definition) is 4. The molecular weight excluding hydrogens is 210 g/mol. The SMILES string of the molecule is CC(CO)SCCOc1ccc(N)cc1. The van der Waals surface area contributed by atoms with Crippen LogP contribution in [0.5, 0.6) is 5.75 Å². The summed E-state index contributed by atoms with van der Waals surface area (Å²) in [7, 11) is 0. The van der Waals surface area contributed by atoms with Crippen molar-refractivity contribution in [2.75, 3.05) is 24.7 Å². The molecule has 0 heterocycles. The Morgan fingerprint density at radius 3 is 2.67 bits per heavy atom. The molecule has 4 heteroatoms. The van der Waals surface area contributed by atoms with Gasteiger partial charge in [-0.1, -0.05) is 6.92 Å². The lowest BCUT2D eigenvalue weighted by atomic mass is 10.3. The summed E-state index contributed by atoms with van der Waals surface area (Å²) in [5.41, 5.74) is 6.29. The van der Waals surface area contributed by atoms with E-state index in [0.717, 1.165) is 17.2 Å². The molecule has 15 heavy (non-hydrogen) atoms. The molecule has 1 atom stereocenters. The van der Waals surface area contributed by atoms with Crippen LogP contribution in [-0.4, -0.2) is 29.3 Å². The lowest BCUT2D eigenvalue weighted by Gasteiger charge is -2.09. The Bertz CT molecular complexity index is 276. The third-order valence-corrected chi connectivity index (χ3v) is 3.01. The van der Waals surface area contributed by atoms with E-state index in [1.807, 2.05) is 31.2 Å². The molecule has 0 fully saturated rings. The molecule has 0 radical (unpaired) electrons. The van der Waals surface area contributed by atoms with Gasteiger partial charge in [0, 0.05) is 16.7 Å². The number of thioether (sulfide) groups is 1. The zero-order valence-electron chi connectivity index (χ0n) is 8.85. The zero-order valence-corrected chi connectivity index (χ0v) is 9.67. The van der Waals surface area contributed by atoms with Gasteiger partial charge in [-0.25, -0.2) is 0 Å². The average Bonchev–Trinajstić information content (AvgIpc) is 2.26. The van der Waals surface area contributed by atoms with Gasteiger partial charge in [-0.05, 0) is 24.3 Å². The van der Waals surface area contributed by atoms with E-state index in [0.29, 0.717) is 6.61 Å². The van der Waals surface area contributed by atoms with Gasteiger partial charge in [0.15, 0.2) is 0 Å². The minimum absolute atomic E-state index is 0.215. The van der Waals surface area contributed by atoms with Gasteiger partial charge < -0.3 is 15.6 Å². The van der Waals surface area contributed by atoms with Gasteiger partial charge >= 0.3 is 0 Å². The molecule has 1 unspecified atom stereocenters. The van der Waals surface area contributed by atoms with Gasteiger partial charge in [0.05, 0.1) is 13.2 Å². The maximum Gasteiger partial charge on any atom is 0.119 e. The molecule has 0 aromatic heterocycles. The van der Waals surface area contributed by atoms with Crippen LogP contribution in [-0.2, 0) is 0 Å². The fourth-order valence-electron chi connectivity index (χ4n) is 1.03. The number of nitrogen functional groups attached to an aromatic ring is 1. The van der Waals surface area contributed by atoms with E-state index in [1.54, 1.807) is 11.8 Å². The summed E-state index contributed by atoms with van der Waals surface area (Å²) in [6.07, 6.45) is 0. The number of rotatable bonds is 6. The Balaban J connectivity index is 2.17. The lowest BCUT2D eigenvalue weighted by molar-refractivity contribution is 0.299. The van der Waals surface area contributed by atoms with Gasteiger partial charge in [-0.2, -0.15) is 11.8 Å². The molecule has 84 valence electrons. The molecule has 0 bridgehead atoms. The Kier molecular flexibility index (Phi) is 5.36. The van der Waals surface area contributed by atoms with Crippen molar-refractivity contribution >= 4 is 17.4 Å². The number of aliphatic hydroxyl groups is 1. The van der Waals surface area contributed by atoms with E-state index in [4.69, 9.17) is 15.6 Å². The van der Waals surface area contributed by atoms with E-state index in [2.05, 4.69) is 0 Å². The second-order valence-electron chi connectivity index (χ2n) is 3.28. The summed E-state index contributed by atoms with van der Waals surface area (Å²) in [5, 5.41) is 9.08. The van der Waals surface area contributed by atoms with Gasteiger partial charge in [-0.15, -0.1) is 0 Å². The minimum Gasteiger partial charge on any atom is -0.493 e. The fourth-order valence-corrected chi connectivity index (χ4v) is 1.71. The maximum absolute atomic E-state index is 8.81. The Labute approximate surface area is 94.6 Å². The highest BCUT2D eigenvalue weighted by Gasteiger charge is 1.99. The number of anilines is 1. The van der Waals surface area contributed by atoms with Gasteiger partial charge in [0.2, 0.25) is 0 Å². The number of ether oxygens (including phenoxy) is 1. The van der Waals surface area contributed by atoms with E-state index in [1.165, 1.54) is 0 Å². The quantitative estimate of drug-likeness (QED) is 0.574. The summed E-state index contributed by atoms with van der Waals surface area (Å²) in [6, 6.07) is 7.35. The van der Waals surface area contributed by atoms with Crippen LogP contribution in [0.15, 0.2) is 24.3 Å². The van der Waals surface area contributed by atoms with E-state index >= 15 is 0 Å². The van der Waals surface area contributed by atoms with Crippen molar-refractivity contribution in [1.29, 1.82) is 0 Å². The summed E-state index contributed by atoms with van der Waals surface area (Å²) in [6.45, 7) is 2.86. The first-order chi connectivity index (χ1) is 7.22. The van der Waals surface area contributed by atoms with Crippen molar-refractivity contribution in [2.24, 2.45) is 0 Å². The van der Waals surface area contributed by atoms with E-state index in [9.17, 15) is 0 Å². The van der Waals surface area contributed by atoms with Crippen LogP contribution in [0.4, 0.5) is 5.69 Å². The second kappa shape index (κ2) is 6.58. The molecule has 1 aromatic carbocycles. The first-order valence-corrected chi connectivity index (χ1v) is 5.98. The normalized spacial score (nSPS) is 12.4. The third-order valence-electron chi connectivity index (χ3n) is 1.89. The molecule has 0 aliphatic carbocycles. The number of benzene rings is 1. The minimum atomic E-state index is 0.215. The van der Waals surface area contributed by atoms with Crippen LogP contribution in [0.3, 0.4) is 0 Å². The Hall–Kier alpha value is -0.870.